The molecule has 2 atom stereocenters. The highest BCUT2D eigenvalue weighted by Gasteiger charge is 2.21. The Hall–Kier alpha value is -0.940. The summed E-state index contributed by atoms with van der Waals surface area (Å²) < 4.78 is 11.3. The van der Waals surface area contributed by atoms with Crippen molar-refractivity contribution in [2.45, 2.75) is 45.4 Å². The van der Waals surface area contributed by atoms with Crippen molar-refractivity contribution in [2.75, 3.05) is 32.9 Å². The van der Waals surface area contributed by atoms with Gasteiger partial charge in [0.25, 0.3) is 0 Å². The number of rotatable bonds is 10. The third kappa shape index (κ3) is 7.44. The highest BCUT2D eigenvalue weighted by atomic mass is 16.5. The van der Waals surface area contributed by atoms with Crippen molar-refractivity contribution in [3.63, 3.8) is 0 Å². The first-order chi connectivity index (χ1) is 11.1. The molecule has 23 heavy (non-hydrogen) atoms. The fourth-order valence-electron chi connectivity index (χ4n) is 2.91. The van der Waals surface area contributed by atoms with Crippen molar-refractivity contribution >= 4 is 0 Å². The fourth-order valence-corrected chi connectivity index (χ4v) is 2.91. The van der Waals surface area contributed by atoms with Gasteiger partial charge in [0.15, 0.2) is 0 Å². The fraction of sp³-hybridized carbons (Fsp3) is 0.684. The largest absolute Gasteiger partial charge is 0.389 e. The number of nitrogens with zero attached hydrogens (tertiary/aromatic N) is 1. The molecule has 0 unspecified atom stereocenters. The number of hydrogen-bond donors (Lipinski definition) is 1. The number of aliphatic hydroxyl groups is 1. The lowest BCUT2D eigenvalue weighted by molar-refractivity contribution is -0.00390. The Bertz CT molecular complexity index is 418. The van der Waals surface area contributed by atoms with Crippen molar-refractivity contribution in [2.24, 2.45) is 5.92 Å². The summed E-state index contributed by atoms with van der Waals surface area (Å²) in [5.41, 5.74) is 1.26. The van der Waals surface area contributed by atoms with Gasteiger partial charge in [-0.25, -0.2) is 0 Å². The van der Waals surface area contributed by atoms with E-state index in [4.69, 9.17) is 9.47 Å². The first kappa shape index (κ1) is 18.4. The SMILES string of the molecule is CC(C)COC[C@H](O)CN(Cc1ccccc1)C[C@@H]1CCCO1. The summed E-state index contributed by atoms with van der Waals surface area (Å²) in [5.74, 6) is 0.495. The van der Waals surface area contributed by atoms with Gasteiger partial charge in [0, 0.05) is 32.8 Å². The maximum absolute atomic E-state index is 10.3. The van der Waals surface area contributed by atoms with Gasteiger partial charge in [-0.15, -0.1) is 0 Å². The Balaban J connectivity index is 1.84. The average Bonchev–Trinajstić information content (AvgIpc) is 3.00. The summed E-state index contributed by atoms with van der Waals surface area (Å²) in [5, 5.41) is 10.3. The van der Waals surface area contributed by atoms with Crippen molar-refractivity contribution in [1.29, 1.82) is 0 Å². The summed E-state index contributed by atoms with van der Waals surface area (Å²) in [4.78, 5) is 2.29. The van der Waals surface area contributed by atoms with E-state index < -0.39 is 6.10 Å². The van der Waals surface area contributed by atoms with Crippen molar-refractivity contribution in [1.82, 2.24) is 4.90 Å². The first-order valence-corrected chi connectivity index (χ1v) is 8.77. The van der Waals surface area contributed by atoms with E-state index in [-0.39, 0.29) is 0 Å². The maximum atomic E-state index is 10.3. The molecule has 1 aromatic carbocycles. The summed E-state index contributed by atoms with van der Waals surface area (Å²) in [6.07, 6.45) is 2.09. The first-order valence-electron chi connectivity index (χ1n) is 8.77. The summed E-state index contributed by atoms with van der Waals surface area (Å²) in [6.45, 7) is 8.52. The second-order valence-corrected chi connectivity index (χ2v) is 6.90. The minimum Gasteiger partial charge on any atom is -0.389 e. The molecule has 1 aliphatic rings. The van der Waals surface area contributed by atoms with E-state index in [1.165, 1.54) is 5.56 Å². The zero-order valence-corrected chi connectivity index (χ0v) is 14.5. The molecule has 0 bridgehead atoms. The zero-order chi connectivity index (χ0) is 16.5. The lowest BCUT2D eigenvalue weighted by atomic mass is 10.1. The molecule has 1 fully saturated rings. The highest BCUT2D eigenvalue weighted by Crippen LogP contribution is 2.15. The number of hydrogen-bond acceptors (Lipinski definition) is 4. The lowest BCUT2D eigenvalue weighted by Gasteiger charge is -2.27. The topological polar surface area (TPSA) is 41.9 Å². The normalized spacial score (nSPS) is 19.6. The Morgan fingerprint density at radius 2 is 2.04 bits per heavy atom. The van der Waals surface area contributed by atoms with Crippen LogP contribution in [0.3, 0.4) is 0 Å². The second-order valence-electron chi connectivity index (χ2n) is 6.90. The number of ether oxygens (including phenoxy) is 2. The molecule has 1 aliphatic heterocycles. The van der Waals surface area contributed by atoms with Crippen LogP contribution in [0.2, 0.25) is 0 Å². The average molecular weight is 321 g/mol. The molecule has 0 spiro atoms. The number of aliphatic hydroxyl groups excluding tert-OH is 1. The van der Waals surface area contributed by atoms with Crippen LogP contribution in [0.1, 0.15) is 32.3 Å². The molecule has 4 heteroatoms. The summed E-state index contributed by atoms with van der Waals surface area (Å²) in [7, 11) is 0. The molecule has 1 heterocycles. The molecular formula is C19H31NO3. The van der Waals surface area contributed by atoms with Gasteiger partial charge in [0.05, 0.1) is 18.8 Å². The van der Waals surface area contributed by atoms with Crippen LogP contribution in [0, 0.1) is 5.92 Å². The quantitative estimate of drug-likeness (QED) is 0.719. The predicted octanol–water partition coefficient (Wildman–Crippen LogP) is 2.70. The van der Waals surface area contributed by atoms with Gasteiger partial charge in [-0.1, -0.05) is 44.2 Å². The van der Waals surface area contributed by atoms with Crippen LogP contribution in [-0.4, -0.2) is 55.1 Å². The highest BCUT2D eigenvalue weighted by molar-refractivity contribution is 5.14. The van der Waals surface area contributed by atoms with E-state index in [9.17, 15) is 5.11 Å². The van der Waals surface area contributed by atoms with Crippen LogP contribution in [0.4, 0.5) is 0 Å². The Kier molecular flexibility index (Phi) is 8.03. The molecule has 2 rings (SSSR count). The predicted molar refractivity (Wildman–Crippen MR) is 92.4 cm³/mol. The molecule has 0 radical (unpaired) electrons. The third-order valence-electron chi connectivity index (χ3n) is 3.97. The molecule has 0 aliphatic carbocycles. The molecular weight excluding hydrogens is 290 g/mol. The standard InChI is InChI=1S/C19H31NO3/c1-16(2)14-22-15-18(21)12-20(13-19-9-6-10-23-19)11-17-7-4-3-5-8-17/h3-5,7-8,16,18-19,21H,6,9-15H2,1-2H3/t18-,19+/m1/s1. The Morgan fingerprint density at radius 3 is 2.70 bits per heavy atom. The maximum Gasteiger partial charge on any atom is 0.0900 e. The Labute approximate surface area is 140 Å². The van der Waals surface area contributed by atoms with E-state index in [1.54, 1.807) is 0 Å². The minimum atomic E-state index is -0.459. The Morgan fingerprint density at radius 1 is 1.26 bits per heavy atom. The molecule has 4 nitrogen and oxygen atoms in total. The van der Waals surface area contributed by atoms with Gasteiger partial charge in [-0.2, -0.15) is 0 Å². The van der Waals surface area contributed by atoms with Crippen LogP contribution in [0.25, 0.3) is 0 Å². The lowest BCUT2D eigenvalue weighted by Crippen LogP contribution is -2.39. The molecule has 0 amide bonds. The molecule has 1 saturated heterocycles. The van der Waals surface area contributed by atoms with Crippen LogP contribution >= 0.6 is 0 Å². The molecule has 1 aromatic rings. The van der Waals surface area contributed by atoms with Crippen molar-refractivity contribution in [3.05, 3.63) is 35.9 Å². The van der Waals surface area contributed by atoms with E-state index >= 15 is 0 Å². The molecule has 1 N–H and O–H groups in total. The smallest absolute Gasteiger partial charge is 0.0900 e. The second kappa shape index (κ2) is 10.0. The van der Waals surface area contributed by atoms with E-state index in [2.05, 4.69) is 43.0 Å². The van der Waals surface area contributed by atoms with Gasteiger partial charge in [-0.3, -0.25) is 4.90 Å². The zero-order valence-electron chi connectivity index (χ0n) is 14.5. The van der Waals surface area contributed by atoms with Gasteiger partial charge < -0.3 is 14.6 Å². The third-order valence-corrected chi connectivity index (χ3v) is 3.97. The van der Waals surface area contributed by atoms with Crippen molar-refractivity contribution < 1.29 is 14.6 Å². The van der Waals surface area contributed by atoms with Crippen LogP contribution in [0.15, 0.2) is 30.3 Å². The van der Waals surface area contributed by atoms with E-state index in [0.29, 0.717) is 31.8 Å². The molecule has 130 valence electrons. The summed E-state index contributed by atoms with van der Waals surface area (Å²) >= 11 is 0. The van der Waals surface area contributed by atoms with Gasteiger partial charge in [0.2, 0.25) is 0 Å². The minimum absolute atomic E-state index is 0.294. The van der Waals surface area contributed by atoms with Crippen LogP contribution in [-0.2, 0) is 16.0 Å². The van der Waals surface area contributed by atoms with E-state index in [1.807, 2.05) is 6.07 Å². The van der Waals surface area contributed by atoms with Gasteiger partial charge in [0.1, 0.15) is 0 Å². The van der Waals surface area contributed by atoms with Gasteiger partial charge in [-0.05, 0) is 24.3 Å². The monoisotopic (exact) mass is 321 g/mol. The molecule has 0 saturated carbocycles. The summed E-state index contributed by atoms with van der Waals surface area (Å²) in [6, 6.07) is 10.4. The van der Waals surface area contributed by atoms with Crippen LogP contribution < -0.4 is 0 Å². The van der Waals surface area contributed by atoms with Crippen molar-refractivity contribution in [3.8, 4) is 0 Å². The van der Waals surface area contributed by atoms with Crippen LogP contribution in [0.5, 0.6) is 0 Å². The van der Waals surface area contributed by atoms with Gasteiger partial charge >= 0.3 is 0 Å². The number of benzene rings is 1. The van der Waals surface area contributed by atoms with E-state index in [0.717, 1.165) is 32.5 Å². The molecule has 0 aromatic heterocycles.